The smallest absolute Gasteiger partial charge is 0.215 e. The van der Waals surface area contributed by atoms with Crippen LogP contribution in [-0.2, 0) is 0 Å². The summed E-state index contributed by atoms with van der Waals surface area (Å²) >= 11 is 0. The molecule has 0 aliphatic rings. The Balaban J connectivity index is 1.94. The lowest BCUT2D eigenvalue weighted by molar-refractivity contribution is 0.893. The fraction of sp³-hybridized carbons (Fsp3) is 0.107. The molecule has 0 N–H and O–H groups in total. The number of benzene rings is 4. The zero-order valence-corrected chi connectivity index (χ0v) is 17.8. The SMILES string of the molecule is CCCN(C(=Nc1ccccc1)N(c1ccccc1)c1ccccc1)c1ccccc1. The summed E-state index contributed by atoms with van der Waals surface area (Å²) in [5.74, 6) is 0.872. The van der Waals surface area contributed by atoms with Gasteiger partial charge in [0.1, 0.15) is 0 Å². The van der Waals surface area contributed by atoms with Gasteiger partial charge in [-0.15, -0.1) is 0 Å². The molecule has 0 fully saturated rings. The molecule has 31 heavy (non-hydrogen) atoms. The van der Waals surface area contributed by atoms with Crippen LogP contribution in [0.25, 0.3) is 0 Å². The molecule has 0 aliphatic carbocycles. The number of hydrogen-bond donors (Lipinski definition) is 0. The molecule has 0 atom stereocenters. The van der Waals surface area contributed by atoms with E-state index in [-0.39, 0.29) is 0 Å². The molecule has 0 saturated carbocycles. The lowest BCUT2D eigenvalue weighted by Gasteiger charge is -2.34. The second kappa shape index (κ2) is 10.3. The molecule has 0 aliphatic heterocycles. The molecule has 4 aromatic rings. The molecule has 0 bridgehead atoms. The molecule has 0 spiro atoms. The Morgan fingerprint density at radius 2 is 1.00 bits per heavy atom. The van der Waals surface area contributed by atoms with Gasteiger partial charge in [-0.1, -0.05) is 79.7 Å². The van der Waals surface area contributed by atoms with E-state index in [9.17, 15) is 0 Å². The van der Waals surface area contributed by atoms with E-state index < -0.39 is 0 Å². The summed E-state index contributed by atoms with van der Waals surface area (Å²) in [6.07, 6.45) is 1.00. The predicted molar refractivity (Wildman–Crippen MR) is 133 cm³/mol. The van der Waals surface area contributed by atoms with E-state index in [0.717, 1.165) is 41.7 Å². The van der Waals surface area contributed by atoms with Crippen molar-refractivity contribution in [3.8, 4) is 0 Å². The van der Waals surface area contributed by atoms with Gasteiger partial charge in [-0.25, -0.2) is 4.99 Å². The van der Waals surface area contributed by atoms with Crippen molar-refractivity contribution < 1.29 is 0 Å². The average molecular weight is 406 g/mol. The van der Waals surface area contributed by atoms with Crippen molar-refractivity contribution in [3.05, 3.63) is 121 Å². The minimum absolute atomic E-state index is 0.853. The summed E-state index contributed by atoms with van der Waals surface area (Å²) in [6, 6.07) is 41.5. The van der Waals surface area contributed by atoms with E-state index in [1.54, 1.807) is 0 Å². The van der Waals surface area contributed by atoms with Gasteiger partial charge in [-0.05, 0) is 55.0 Å². The van der Waals surface area contributed by atoms with Crippen molar-refractivity contribution in [1.29, 1.82) is 0 Å². The first kappa shape index (κ1) is 20.4. The van der Waals surface area contributed by atoms with Crippen LogP contribution < -0.4 is 9.80 Å². The highest BCUT2D eigenvalue weighted by Gasteiger charge is 2.23. The molecule has 4 aromatic carbocycles. The lowest BCUT2D eigenvalue weighted by Crippen LogP contribution is -2.43. The summed E-state index contributed by atoms with van der Waals surface area (Å²) in [6.45, 7) is 3.05. The van der Waals surface area contributed by atoms with Crippen LogP contribution in [0.2, 0.25) is 0 Å². The maximum absolute atomic E-state index is 5.18. The Morgan fingerprint density at radius 3 is 1.45 bits per heavy atom. The molecule has 4 rings (SSSR count). The predicted octanol–water partition coefficient (Wildman–Crippen LogP) is 7.43. The summed E-state index contributed by atoms with van der Waals surface area (Å²) in [5, 5.41) is 0. The number of nitrogens with zero attached hydrogens (tertiary/aromatic N) is 3. The van der Waals surface area contributed by atoms with Gasteiger partial charge in [0.2, 0.25) is 5.96 Å². The number of guanidine groups is 1. The van der Waals surface area contributed by atoms with E-state index >= 15 is 0 Å². The Hall–Kier alpha value is -3.85. The van der Waals surface area contributed by atoms with Gasteiger partial charge in [-0.2, -0.15) is 0 Å². The van der Waals surface area contributed by atoms with Crippen molar-refractivity contribution in [2.75, 3.05) is 16.3 Å². The number of aliphatic imine (C=N–C) groups is 1. The maximum atomic E-state index is 5.18. The zero-order valence-electron chi connectivity index (χ0n) is 17.8. The van der Waals surface area contributed by atoms with Crippen LogP contribution in [0.3, 0.4) is 0 Å². The van der Waals surface area contributed by atoms with Crippen molar-refractivity contribution >= 4 is 28.7 Å². The Labute approximate surface area is 184 Å². The summed E-state index contributed by atoms with van der Waals surface area (Å²) in [4.78, 5) is 9.71. The second-order valence-corrected chi connectivity index (χ2v) is 7.24. The summed E-state index contributed by atoms with van der Waals surface area (Å²) in [5.41, 5.74) is 4.18. The van der Waals surface area contributed by atoms with Crippen LogP contribution >= 0.6 is 0 Å². The monoisotopic (exact) mass is 405 g/mol. The molecule has 154 valence electrons. The van der Waals surface area contributed by atoms with Gasteiger partial charge in [-0.3, -0.25) is 4.90 Å². The van der Waals surface area contributed by atoms with Crippen molar-refractivity contribution in [2.45, 2.75) is 13.3 Å². The fourth-order valence-electron chi connectivity index (χ4n) is 3.56. The highest BCUT2D eigenvalue weighted by molar-refractivity contribution is 6.12. The van der Waals surface area contributed by atoms with E-state index in [2.05, 4.69) is 89.5 Å². The molecule has 3 heteroatoms. The molecule has 0 saturated heterocycles. The molecular formula is C28H27N3. The first-order chi connectivity index (χ1) is 15.4. The molecule has 0 unspecified atom stereocenters. The second-order valence-electron chi connectivity index (χ2n) is 7.24. The number of para-hydroxylation sites is 4. The van der Waals surface area contributed by atoms with Crippen LogP contribution in [0.5, 0.6) is 0 Å². The molecule has 3 nitrogen and oxygen atoms in total. The quantitative estimate of drug-likeness (QED) is 0.245. The van der Waals surface area contributed by atoms with Crippen molar-refractivity contribution in [2.24, 2.45) is 4.99 Å². The van der Waals surface area contributed by atoms with Gasteiger partial charge in [0.25, 0.3) is 0 Å². The molecule has 0 aromatic heterocycles. The van der Waals surface area contributed by atoms with Crippen LogP contribution in [0.1, 0.15) is 13.3 Å². The summed E-state index contributed by atoms with van der Waals surface area (Å²) in [7, 11) is 0. The minimum atomic E-state index is 0.853. The topological polar surface area (TPSA) is 18.8 Å². The Morgan fingerprint density at radius 1 is 0.581 bits per heavy atom. The molecular weight excluding hydrogens is 378 g/mol. The van der Waals surface area contributed by atoms with Crippen LogP contribution in [0.15, 0.2) is 126 Å². The van der Waals surface area contributed by atoms with Crippen molar-refractivity contribution in [3.63, 3.8) is 0 Å². The average Bonchev–Trinajstić information content (AvgIpc) is 2.85. The van der Waals surface area contributed by atoms with E-state index in [4.69, 9.17) is 4.99 Å². The number of anilines is 3. The largest absolute Gasteiger partial charge is 0.312 e. The lowest BCUT2D eigenvalue weighted by atomic mass is 10.2. The van der Waals surface area contributed by atoms with Crippen LogP contribution in [0, 0.1) is 0 Å². The molecule has 0 amide bonds. The summed E-state index contributed by atoms with van der Waals surface area (Å²) < 4.78 is 0. The van der Waals surface area contributed by atoms with Crippen molar-refractivity contribution in [1.82, 2.24) is 0 Å². The standard InChI is InChI=1S/C28H27N3/c1-2-23-30(25-17-9-4-10-18-25)28(29-24-15-7-3-8-16-24)31(26-19-11-5-12-20-26)27-21-13-6-14-22-27/h3-22H,2,23H2,1H3. The zero-order chi connectivity index (χ0) is 21.3. The van der Waals surface area contributed by atoms with Gasteiger partial charge >= 0.3 is 0 Å². The van der Waals surface area contributed by atoms with E-state index in [1.165, 1.54) is 0 Å². The molecule has 0 radical (unpaired) electrons. The maximum Gasteiger partial charge on any atom is 0.215 e. The highest BCUT2D eigenvalue weighted by atomic mass is 15.4. The van der Waals surface area contributed by atoms with E-state index in [0.29, 0.717) is 0 Å². The van der Waals surface area contributed by atoms with Crippen LogP contribution in [-0.4, -0.2) is 12.5 Å². The first-order valence-electron chi connectivity index (χ1n) is 10.7. The van der Waals surface area contributed by atoms with Gasteiger partial charge < -0.3 is 4.90 Å². The van der Waals surface area contributed by atoms with E-state index in [1.807, 2.05) is 48.5 Å². The number of rotatable bonds is 6. The Bertz CT molecular complexity index is 1040. The third-order valence-corrected chi connectivity index (χ3v) is 4.97. The van der Waals surface area contributed by atoms with Gasteiger partial charge in [0.15, 0.2) is 0 Å². The van der Waals surface area contributed by atoms with Gasteiger partial charge in [0.05, 0.1) is 5.69 Å². The highest BCUT2D eigenvalue weighted by Crippen LogP contribution is 2.30. The first-order valence-corrected chi connectivity index (χ1v) is 10.7. The number of hydrogen-bond acceptors (Lipinski definition) is 1. The third kappa shape index (κ3) is 5.01. The van der Waals surface area contributed by atoms with Crippen LogP contribution in [0.4, 0.5) is 22.7 Å². The Kier molecular flexibility index (Phi) is 6.76. The third-order valence-electron chi connectivity index (χ3n) is 4.97. The normalized spacial score (nSPS) is 11.2. The minimum Gasteiger partial charge on any atom is -0.312 e. The molecule has 0 heterocycles. The fourth-order valence-corrected chi connectivity index (χ4v) is 3.56. The van der Waals surface area contributed by atoms with Gasteiger partial charge in [0, 0.05) is 23.6 Å².